The zero-order valence-electron chi connectivity index (χ0n) is 15.7. The fourth-order valence-electron chi connectivity index (χ4n) is 2.55. The van der Waals surface area contributed by atoms with Crippen LogP contribution in [0.2, 0.25) is 10.0 Å². The predicted molar refractivity (Wildman–Crippen MR) is 115 cm³/mol. The van der Waals surface area contributed by atoms with Gasteiger partial charge in [-0.1, -0.05) is 44.3 Å². The number of nitrogens with zero attached hydrogens (tertiary/aromatic N) is 3. The summed E-state index contributed by atoms with van der Waals surface area (Å²) < 4.78 is 11.7. The molecule has 0 unspecified atom stereocenters. The minimum Gasteiger partial charge on any atom is -0.482 e. The normalized spacial score (nSPS) is 11.0. The molecule has 3 aromatic rings. The first-order valence-electron chi connectivity index (χ1n) is 8.79. The Morgan fingerprint density at radius 3 is 2.59 bits per heavy atom. The van der Waals surface area contributed by atoms with Crippen LogP contribution in [0.3, 0.4) is 0 Å². The maximum Gasteiger partial charge on any atom is 0.261 e. The van der Waals surface area contributed by atoms with E-state index in [0.29, 0.717) is 27.5 Å². The first-order chi connectivity index (χ1) is 13.8. The zero-order chi connectivity index (χ0) is 21.0. The fourth-order valence-corrected chi connectivity index (χ4v) is 3.41. The first kappa shape index (κ1) is 21.6. The van der Waals surface area contributed by atoms with Gasteiger partial charge in [-0.15, -0.1) is 0 Å². The molecule has 0 aliphatic carbocycles. The lowest BCUT2D eigenvalue weighted by Crippen LogP contribution is -2.39. The van der Waals surface area contributed by atoms with Gasteiger partial charge in [-0.3, -0.25) is 4.79 Å². The molecule has 0 bridgehead atoms. The Morgan fingerprint density at radius 2 is 1.93 bits per heavy atom. The Hall–Kier alpha value is -2.09. The second-order valence-corrected chi connectivity index (χ2v) is 8.26. The molecule has 0 aliphatic heterocycles. The number of benzene rings is 2. The van der Waals surface area contributed by atoms with E-state index >= 15 is 0 Å². The summed E-state index contributed by atoms with van der Waals surface area (Å²) in [6.45, 7) is 3.83. The van der Waals surface area contributed by atoms with Crippen molar-refractivity contribution in [3.8, 4) is 17.1 Å². The van der Waals surface area contributed by atoms with Crippen LogP contribution in [0.15, 0.2) is 51.5 Å². The van der Waals surface area contributed by atoms with E-state index in [1.165, 1.54) is 0 Å². The number of carbonyl (C=O) groups excluding carboxylic acids is 1. The Bertz CT molecular complexity index is 993. The number of amides is 1. The molecule has 6 nitrogen and oxygen atoms in total. The highest BCUT2D eigenvalue weighted by atomic mass is 79.9. The minimum atomic E-state index is -0.217. The smallest absolute Gasteiger partial charge is 0.261 e. The van der Waals surface area contributed by atoms with Gasteiger partial charge >= 0.3 is 0 Å². The lowest BCUT2D eigenvalue weighted by molar-refractivity contribution is -0.136. The summed E-state index contributed by atoms with van der Waals surface area (Å²) in [6.07, 6.45) is 0. The monoisotopic (exact) mass is 497 g/mol. The van der Waals surface area contributed by atoms with E-state index in [4.69, 9.17) is 32.5 Å². The van der Waals surface area contributed by atoms with E-state index in [0.717, 1.165) is 10.0 Å². The van der Waals surface area contributed by atoms with Crippen LogP contribution in [0.25, 0.3) is 11.4 Å². The van der Waals surface area contributed by atoms with Crippen molar-refractivity contribution in [2.75, 3.05) is 6.61 Å². The molecule has 1 amide bonds. The Labute approximate surface area is 186 Å². The molecule has 0 saturated heterocycles. The molecular weight excluding hydrogens is 481 g/mol. The molecular formula is C20H18BrCl2N3O3. The van der Waals surface area contributed by atoms with E-state index in [9.17, 15) is 4.79 Å². The molecule has 29 heavy (non-hydrogen) atoms. The summed E-state index contributed by atoms with van der Waals surface area (Å²) in [7, 11) is 0. The molecule has 2 aromatic carbocycles. The molecule has 0 N–H and O–H groups in total. The van der Waals surface area contributed by atoms with Crippen molar-refractivity contribution in [3.63, 3.8) is 0 Å². The molecule has 1 aromatic heterocycles. The SMILES string of the molecule is CC(C)N(Cc1nc(-c2ccc(Cl)cc2)no1)C(=O)COc1ccc(Br)cc1Cl. The van der Waals surface area contributed by atoms with E-state index < -0.39 is 0 Å². The van der Waals surface area contributed by atoms with Gasteiger partial charge in [-0.25, -0.2) is 0 Å². The number of hydrogen-bond donors (Lipinski definition) is 0. The largest absolute Gasteiger partial charge is 0.482 e. The second-order valence-electron chi connectivity index (χ2n) is 6.50. The number of halogens is 3. The Morgan fingerprint density at radius 1 is 1.21 bits per heavy atom. The molecule has 3 rings (SSSR count). The summed E-state index contributed by atoms with van der Waals surface area (Å²) in [6, 6.07) is 12.2. The van der Waals surface area contributed by atoms with Gasteiger partial charge in [0.2, 0.25) is 11.7 Å². The van der Waals surface area contributed by atoms with Gasteiger partial charge in [-0.2, -0.15) is 4.98 Å². The van der Waals surface area contributed by atoms with Gasteiger partial charge in [0.25, 0.3) is 5.91 Å². The van der Waals surface area contributed by atoms with Gasteiger partial charge < -0.3 is 14.2 Å². The third kappa shape index (κ3) is 5.72. The van der Waals surface area contributed by atoms with E-state index in [2.05, 4.69) is 26.1 Å². The third-order valence-corrected chi connectivity index (χ3v) is 5.11. The highest BCUT2D eigenvalue weighted by molar-refractivity contribution is 9.10. The van der Waals surface area contributed by atoms with Crippen LogP contribution in [0.4, 0.5) is 0 Å². The summed E-state index contributed by atoms with van der Waals surface area (Å²) in [4.78, 5) is 18.7. The van der Waals surface area contributed by atoms with Gasteiger partial charge in [0.15, 0.2) is 6.61 Å². The van der Waals surface area contributed by atoms with Crippen molar-refractivity contribution >= 4 is 45.0 Å². The van der Waals surface area contributed by atoms with Crippen LogP contribution in [-0.4, -0.2) is 33.6 Å². The summed E-state index contributed by atoms with van der Waals surface area (Å²) in [5, 5.41) is 5.03. The number of ether oxygens (including phenoxy) is 1. The maximum atomic E-state index is 12.7. The van der Waals surface area contributed by atoms with Crippen molar-refractivity contribution in [1.82, 2.24) is 15.0 Å². The highest BCUT2D eigenvalue weighted by Crippen LogP contribution is 2.28. The van der Waals surface area contributed by atoms with Gasteiger partial charge in [0, 0.05) is 21.1 Å². The van der Waals surface area contributed by atoms with Crippen LogP contribution in [0.1, 0.15) is 19.7 Å². The topological polar surface area (TPSA) is 68.5 Å². The standard InChI is InChI=1S/C20H18BrCl2N3O3/c1-12(2)26(19(27)11-28-17-8-5-14(21)9-16(17)23)10-18-24-20(25-29-18)13-3-6-15(22)7-4-13/h3-9,12H,10-11H2,1-2H3. The average Bonchev–Trinajstić information content (AvgIpc) is 3.14. The van der Waals surface area contributed by atoms with E-state index in [1.807, 2.05) is 13.8 Å². The molecule has 1 heterocycles. The number of rotatable bonds is 7. The van der Waals surface area contributed by atoms with Crippen molar-refractivity contribution in [1.29, 1.82) is 0 Å². The lowest BCUT2D eigenvalue weighted by Gasteiger charge is -2.25. The number of carbonyl (C=O) groups is 1. The van der Waals surface area contributed by atoms with E-state index in [-0.39, 0.29) is 25.1 Å². The van der Waals surface area contributed by atoms with Gasteiger partial charge in [0.05, 0.1) is 5.02 Å². The van der Waals surface area contributed by atoms with Gasteiger partial charge in [-0.05, 0) is 56.3 Å². The van der Waals surface area contributed by atoms with Crippen LogP contribution >= 0.6 is 39.1 Å². The van der Waals surface area contributed by atoms with Gasteiger partial charge in [0.1, 0.15) is 12.3 Å². The fraction of sp³-hybridized carbons (Fsp3) is 0.250. The van der Waals surface area contributed by atoms with Crippen LogP contribution in [0, 0.1) is 0 Å². The van der Waals surface area contributed by atoms with Crippen molar-refractivity contribution in [2.45, 2.75) is 26.4 Å². The first-order valence-corrected chi connectivity index (χ1v) is 10.3. The van der Waals surface area contributed by atoms with Crippen molar-refractivity contribution in [2.24, 2.45) is 0 Å². The maximum absolute atomic E-state index is 12.7. The van der Waals surface area contributed by atoms with Crippen molar-refractivity contribution < 1.29 is 14.1 Å². The molecule has 0 saturated carbocycles. The van der Waals surface area contributed by atoms with Crippen LogP contribution in [0.5, 0.6) is 5.75 Å². The Balaban J connectivity index is 1.66. The Kier molecular flexibility index (Phi) is 7.16. The number of hydrogen-bond acceptors (Lipinski definition) is 5. The molecule has 0 radical (unpaired) electrons. The molecule has 0 spiro atoms. The zero-order valence-corrected chi connectivity index (χ0v) is 18.8. The highest BCUT2D eigenvalue weighted by Gasteiger charge is 2.21. The molecule has 0 atom stereocenters. The lowest BCUT2D eigenvalue weighted by atomic mass is 10.2. The minimum absolute atomic E-state index is 0.0858. The molecule has 0 aliphatic rings. The quantitative estimate of drug-likeness (QED) is 0.422. The molecule has 152 valence electrons. The van der Waals surface area contributed by atoms with Crippen LogP contribution in [-0.2, 0) is 11.3 Å². The van der Waals surface area contributed by atoms with Crippen molar-refractivity contribution in [3.05, 3.63) is 62.9 Å². The summed E-state index contributed by atoms with van der Waals surface area (Å²) in [5.74, 6) is 0.990. The molecule has 0 fully saturated rings. The number of aromatic nitrogens is 2. The average molecular weight is 499 g/mol. The van der Waals surface area contributed by atoms with E-state index in [1.54, 1.807) is 47.4 Å². The summed E-state index contributed by atoms with van der Waals surface area (Å²) in [5.41, 5.74) is 0.778. The summed E-state index contributed by atoms with van der Waals surface area (Å²) >= 11 is 15.4. The molecule has 9 heteroatoms. The predicted octanol–water partition coefficient (Wildman–Crippen LogP) is 5.62. The second kappa shape index (κ2) is 9.61. The third-order valence-electron chi connectivity index (χ3n) is 4.06. The van der Waals surface area contributed by atoms with Crippen LogP contribution < -0.4 is 4.74 Å².